The smallest absolute Gasteiger partial charge is 0.256 e. The lowest BCUT2D eigenvalue weighted by atomic mass is 9.78. The average molecular weight is 281 g/mol. The predicted octanol–water partition coefficient (Wildman–Crippen LogP) is 3.77. The number of carbonyl (C=O) groups is 1. The number of nitrogens with zero attached hydrogens (tertiary/aromatic N) is 1. The summed E-state index contributed by atoms with van der Waals surface area (Å²) in [6, 6.07) is 4.36. The molecule has 2 nitrogen and oxygen atoms in total. The molecule has 1 amide bonds. The molecule has 0 atom stereocenters. The molecular weight excluding hydrogens is 261 g/mol. The molecule has 1 heterocycles. The van der Waals surface area contributed by atoms with Gasteiger partial charge < -0.3 is 4.90 Å². The van der Waals surface area contributed by atoms with Gasteiger partial charge >= 0.3 is 0 Å². The van der Waals surface area contributed by atoms with Crippen LogP contribution in [-0.2, 0) is 0 Å². The van der Waals surface area contributed by atoms with Crippen LogP contribution in [0.3, 0.4) is 0 Å². The van der Waals surface area contributed by atoms with Crippen LogP contribution in [0.5, 0.6) is 0 Å². The van der Waals surface area contributed by atoms with E-state index in [1.807, 2.05) is 0 Å². The summed E-state index contributed by atoms with van der Waals surface area (Å²) in [6.45, 7) is 5.85. The highest BCUT2D eigenvalue weighted by molar-refractivity contribution is 7.80. The first-order chi connectivity index (χ1) is 8.95. The van der Waals surface area contributed by atoms with Crippen LogP contribution in [0.15, 0.2) is 23.1 Å². The topological polar surface area (TPSA) is 20.3 Å². The van der Waals surface area contributed by atoms with E-state index in [0.717, 1.165) is 19.3 Å². The van der Waals surface area contributed by atoms with Gasteiger partial charge in [0.1, 0.15) is 5.82 Å². The maximum Gasteiger partial charge on any atom is 0.256 e. The molecule has 1 aromatic carbocycles. The maximum atomic E-state index is 13.7. The number of carbonyl (C=O) groups excluding carboxylic acids is 1. The highest BCUT2D eigenvalue weighted by atomic mass is 32.1. The molecule has 104 valence electrons. The van der Waals surface area contributed by atoms with Gasteiger partial charge in [0.25, 0.3) is 5.91 Å². The Hall–Kier alpha value is -1.03. The van der Waals surface area contributed by atoms with Crippen molar-refractivity contribution in [1.29, 1.82) is 0 Å². The monoisotopic (exact) mass is 281 g/mol. The second-order valence-electron chi connectivity index (χ2n) is 5.62. The van der Waals surface area contributed by atoms with Crippen LogP contribution in [-0.4, -0.2) is 23.9 Å². The Morgan fingerprint density at radius 1 is 1.42 bits per heavy atom. The summed E-state index contributed by atoms with van der Waals surface area (Å²) in [6.07, 6.45) is 3.09. The molecule has 4 heteroatoms. The summed E-state index contributed by atoms with van der Waals surface area (Å²) in [4.78, 5) is 14.7. The average Bonchev–Trinajstić information content (AvgIpc) is 2.42. The zero-order chi connectivity index (χ0) is 14.0. The zero-order valence-corrected chi connectivity index (χ0v) is 12.3. The van der Waals surface area contributed by atoms with Crippen LogP contribution < -0.4 is 0 Å². The molecule has 1 saturated heterocycles. The van der Waals surface area contributed by atoms with Crippen LogP contribution in [0, 0.1) is 11.2 Å². The van der Waals surface area contributed by atoms with Crippen molar-refractivity contribution in [3.05, 3.63) is 29.6 Å². The minimum atomic E-state index is -0.466. The molecule has 0 saturated carbocycles. The van der Waals surface area contributed by atoms with Gasteiger partial charge in [-0.05, 0) is 36.5 Å². The van der Waals surface area contributed by atoms with Crippen molar-refractivity contribution in [3.63, 3.8) is 0 Å². The Kier molecular flexibility index (Phi) is 4.19. The number of hydrogen-bond acceptors (Lipinski definition) is 2. The SMILES string of the molecule is CCC1(C)CCN(C(=O)c2cc(S)ccc2F)CC1. The fraction of sp³-hybridized carbons (Fsp3) is 0.533. The van der Waals surface area contributed by atoms with Gasteiger partial charge in [0.15, 0.2) is 0 Å². The van der Waals surface area contributed by atoms with E-state index in [1.54, 1.807) is 11.0 Å². The molecule has 0 unspecified atom stereocenters. The van der Waals surface area contributed by atoms with E-state index in [9.17, 15) is 9.18 Å². The van der Waals surface area contributed by atoms with E-state index in [1.165, 1.54) is 12.1 Å². The van der Waals surface area contributed by atoms with E-state index in [0.29, 0.717) is 23.4 Å². The predicted molar refractivity (Wildman–Crippen MR) is 77.2 cm³/mol. The lowest BCUT2D eigenvalue weighted by Crippen LogP contribution is -2.42. The third kappa shape index (κ3) is 3.11. The quantitative estimate of drug-likeness (QED) is 0.818. The van der Waals surface area contributed by atoms with Crippen LogP contribution in [0.4, 0.5) is 4.39 Å². The molecule has 0 bridgehead atoms. The van der Waals surface area contributed by atoms with Crippen molar-refractivity contribution in [1.82, 2.24) is 4.90 Å². The van der Waals surface area contributed by atoms with Crippen molar-refractivity contribution in [2.45, 2.75) is 38.0 Å². The number of piperidine rings is 1. The van der Waals surface area contributed by atoms with Crippen LogP contribution in [0.2, 0.25) is 0 Å². The lowest BCUT2D eigenvalue weighted by molar-refractivity contribution is 0.0595. The summed E-state index contributed by atoms with van der Waals surface area (Å²) >= 11 is 4.17. The second-order valence-corrected chi connectivity index (χ2v) is 6.14. The number of likely N-dealkylation sites (tertiary alicyclic amines) is 1. The van der Waals surface area contributed by atoms with Gasteiger partial charge in [0, 0.05) is 18.0 Å². The van der Waals surface area contributed by atoms with E-state index in [-0.39, 0.29) is 11.5 Å². The van der Waals surface area contributed by atoms with Crippen molar-refractivity contribution < 1.29 is 9.18 Å². The van der Waals surface area contributed by atoms with Crippen molar-refractivity contribution in [2.24, 2.45) is 5.41 Å². The number of halogens is 1. The van der Waals surface area contributed by atoms with Gasteiger partial charge in [0.05, 0.1) is 5.56 Å². The fourth-order valence-electron chi connectivity index (χ4n) is 2.45. The molecule has 19 heavy (non-hydrogen) atoms. The molecular formula is C15H20FNOS. The third-order valence-corrected chi connectivity index (χ3v) is 4.57. The minimum absolute atomic E-state index is 0.132. The zero-order valence-electron chi connectivity index (χ0n) is 11.4. The van der Waals surface area contributed by atoms with Gasteiger partial charge in [-0.25, -0.2) is 4.39 Å². The number of hydrogen-bond donors (Lipinski definition) is 1. The summed E-state index contributed by atoms with van der Waals surface area (Å²) in [7, 11) is 0. The Bertz CT molecular complexity index is 481. The third-order valence-electron chi connectivity index (χ3n) is 4.29. The maximum absolute atomic E-state index is 13.7. The summed E-state index contributed by atoms with van der Waals surface area (Å²) in [5.41, 5.74) is 0.452. The lowest BCUT2D eigenvalue weighted by Gasteiger charge is -2.39. The molecule has 1 fully saturated rings. The van der Waals surface area contributed by atoms with Gasteiger partial charge in [-0.3, -0.25) is 4.79 Å². The Balaban J connectivity index is 2.11. The summed E-state index contributed by atoms with van der Waals surface area (Å²) in [5.74, 6) is -0.682. The Morgan fingerprint density at radius 2 is 2.05 bits per heavy atom. The van der Waals surface area contributed by atoms with E-state index >= 15 is 0 Å². The summed E-state index contributed by atoms with van der Waals surface area (Å²) in [5, 5.41) is 0. The van der Waals surface area contributed by atoms with Crippen LogP contribution >= 0.6 is 12.6 Å². The highest BCUT2D eigenvalue weighted by Gasteiger charge is 2.31. The number of amides is 1. The highest BCUT2D eigenvalue weighted by Crippen LogP contribution is 2.34. The molecule has 0 radical (unpaired) electrons. The van der Waals surface area contributed by atoms with Crippen molar-refractivity contribution >= 4 is 18.5 Å². The van der Waals surface area contributed by atoms with Crippen LogP contribution in [0.1, 0.15) is 43.5 Å². The first-order valence-electron chi connectivity index (χ1n) is 6.73. The van der Waals surface area contributed by atoms with Crippen molar-refractivity contribution in [3.8, 4) is 0 Å². The molecule has 1 aliphatic rings. The molecule has 0 aliphatic carbocycles. The minimum Gasteiger partial charge on any atom is -0.339 e. The molecule has 0 aromatic heterocycles. The number of thiol groups is 1. The van der Waals surface area contributed by atoms with Gasteiger partial charge in [-0.2, -0.15) is 0 Å². The standard InChI is InChI=1S/C15H20FNOS/c1-3-15(2)6-8-17(9-7-15)14(18)12-10-11(19)4-5-13(12)16/h4-5,10,19H,3,6-9H2,1-2H3. The largest absolute Gasteiger partial charge is 0.339 e. The second kappa shape index (κ2) is 5.53. The molecule has 2 rings (SSSR count). The first-order valence-corrected chi connectivity index (χ1v) is 7.18. The Labute approximate surface area is 119 Å². The van der Waals surface area contributed by atoms with E-state index in [4.69, 9.17) is 0 Å². The van der Waals surface area contributed by atoms with Gasteiger partial charge in [-0.1, -0.05) is 20.3 Å². The number of benzene rings is 1. The van der Waals surface area contributed by atoms with Gasteiger partial charge in [-0.15, -0.1) is 12.6 Å². The molecule has 0 N–H and O–H groups in total. The first kappa shape index (κ1) is 14.4. The van der Waals surface area contributed by atoms with E-state index in [2.05, 4.69) is 26.5 Å². The van der Waals surface area contributed by atoms with Crippen LogP contribution in [0.25, 0.3) is 0 Å². The Morgan fingerprint density at radius 3 is 2.63 bits per heavy atom. The van der Waals surface area contributed by atoms with Crippen molar-refractivity contribution in [2.75, 3.05) is 13.1 Å². The summed E-state index contributed by atoms with van der Waals surface area (Å²) < 4.78 is 13.7. The molecule has 1 aliphatic heterocycles. The normalized spacial score (nSPS) is 18.4. The van der Waals surface area contributed by atoms with Gasteiger partial charge in [0.2, 0.25) is 0 Å². The fourth-order valence-corrected chi connectivity index (χ4v) is 2.65. The molecule has 1 aromatic rings. The molecule has 0 spiro atoms. The number of rotatable bonds is 2. The van der Waals surface area contributed by atoms with E-state index < -0.39 is 5.82 Å².